The molecule has 1 fully saturated rings. The monoisotopic (exact) mass is 374 g/mol. The van der Waals surface area contributed by atoms with E-state index in [-0.39, 0.29) is 13.2 Å². The first-order valence-electron chi connectivity index (χ1n) is 8.53. The lowest BCUT2D eigenvalue weighted by molar-refractivity contribution is -0.131. The van der Waals surface area contributed by atoms with Gasteiger partial charge in [0.2, 0.25) is 0 Å². The number of rotatable bonds is 5. The van der Waals surface area contributed by atoms with Crippen molar-refractivity contribution in [2.24, 2.45) is 0 Å². The summed E-state index contributed by atoms with van der Waals surface area (Å²) in [5.41, 5.74) is -0.400. The Hall–Kier alpha value is -2.96. The van der Waals surface area contributed by atoms with Crippen LogP contribution in [0.3, 0.4) is 0 Å². The Morgan fingerprint density at radius 1 is 1.04 bits per heavy atom. The summed E-state index contributed by atoms with van der Waals surface area (Å²) >= 11 is 0. The highest BCUT2D eigenvalue weighted by Gasteiger charge is 2.51. The number of nitrogens with zero attached hydrogens (tertiary/aromatic N) is 1. The molecule has 0 spiro atoms. The summed E-state index contributed by atoms with van der Waals surface area (Å²) in [5.74, 6) is -1.81. The smallest absolute Gasteiger partial charge is 0.325 e. The van der Waals surface area contributed by atoms with Gasteiger partial charge in [-0.2, -0.15) is 0 Å². The van der Waals surface area contributed by atoms with Crippen molar-refractivity contribution in [3.8, 4) is 5.75 Å². The number of carbonyl (C=O) groups excluding carboxylic acids is 2. The van der Waals surface area contributed by atoms with Gasteiger partial charge in [0.05, 0.1) is 12.1 Å². The van der Waals surface area contributed by atoms with Gasteiger partial charge in [-0.3, -0.25) is 9.69 Å². The molecule has 2 aromatic carbocycles. The minimum absolute atomic E-state index is 0.0376. The predicted octanol–water partition coefficient (Wildman–Crippen LogP) is 3.43. The lowest BCUT2D eigenvalue weighted by atomic mass is 9.91. The van der Waals surface area contributed by atoms with Crippen LogP contribution >= 0.6 is 0 Å². The highest BCUT2D eigenvalue weighted by Crippen LogP contribution is 2.32. The van der Waals surface area contributed by atoms with E-state index in [9.17, 15) is 18.4 Å². The van der Waals surface area contributed by atoms with Crippen LogP contribution in [0.5, 0.6) is 5.75 Å². The van der Waals surface area contributed by atoms with E-state index in [0.717, 1.165) is 28.2 Å². The Labute approximate surface area is 155 Å². The zero-order valence-corrected chi connectivity index (χ0v) is 15.3. The van der Waals surface area contributed by atoms with Gasteiger partial charge < -0.3 is 10.1 Å². The van der Waals surface area contributed by atoms with Gasteiger partial charge in [0.15, 0.2) is 0 Å². The molecule has 3 amide bonds. The Kier molecular flexibility index (Phi) is 4.87. The third kappa shape index (κ3) is 3.25. The minimum atomic E-state index is -1.80. The summed E-state index contributed by atoms with van der Waals surface area (Å²) in [7, 11) is 0. The second-order valence-electron chi connectivity index (χ2n) is 6.68. The van der Waals surface area contributed by atoms with Crippen LogP contribution in [0.15, 0.2) is 36.4 Å². The molecule has 1 N–H and O–H groups in total. The average Bonchev–Trinajstić information content (AvgIpc) is 2.80. The number of imide groups is 1. The molecular weight excluding hydrogens is 354 g/mol. The van der Waals surface area contributed by atoms with E-state index in [1.54, 1.807) is 0 Å². The Morgan fingerprint density at radius 3 is 2.19 bits per heavy atom. The summed E-state index contributed by atoms with van der Waals surface area (Å²) in [6, 6.07) is 8.29. The third-order valence-corrected chi connectivity index (χ3v) is 4.71. The van der Waals surface area contributed by atoms with Gasteiger partial charge in [0.1, 0.15) is 29.5 Å². The number of nitrogens with one attached hydrogen (secondary N) is 1. The summed E-state index contributed by atoms with van der Waals surface area (Å²) in [6.45, 7) is 5.12. The fraction of sp³-hybridized carbons (Fsp3) is 0.300. The highest BCUT2D eigenvalue weighted by molar-refractivity contribution is 6.07. The van der Waals surface area contributed by atoms with Crippen LogP contribution < -0.4 is 10.1 Å². The molecule has 1 saturated heterocycles. The molecule has 0 saturated carbocycles. The number of benzene rings is 2. The van der Waals surface area contributed by atoms with Crippen molar-refractivity contribution in [1.82, 2.24) is 10.2 Å². The quantitative estimate of drug-likeness (QED) is 0.816. The Balaban J connectivity index is 1.77. The molecule has 2 aromatic rings. The average molecular weight is 374 g/mol. The van der Waals surface area contributed by atoms with Crippen molar-refractivity contribution in [3.63, 3.8) is 0 Å². The Bertz CT molecular complexity index is 876. The first-order valence-corrected chi connectivity index (χ1v) is 8.53. The van der Waals surface area contributed by atoms with Crippen LogP contribution in [0, 0.1) is 25.5 Å². The van der Waals surface area contributed by atoms with Crippen molar-refractivity contribution in [2.45, 2.75) is 26.3 Å². The number of ether oxygens (including phenoxy) is 1. The van der Waals surface area contributed by atoms with E-state index < -0.39 is 34.7 Å². The zero-order chi connectivity index (χ0) is 19.8. The molecule has 3 rings (SSSR count). The largest absolute Gasteiger partial charge is 0.491 e. The number of aryl methyl sites for hydroxylation is 2. The fourth-order valence-corrected chi connectivity index (χ4v) is 3.31. The number of urea groups is 1. The molecule has 0 radical (unpaired) electrons. The van der Waals surface area contributed by atoms with Crippen LogP contribution in [-0.2, 0) is 10.3 Å². The standard InChI is InChI=1S/C20H20F2N2O3/c1-12-6-4-7-13(2)17(12)27-11-10-24-18(25)20(3,23-19(24)26)16-14(21)8-5-9-15(16)22/h4-9H,10-11H2,1-3H3,(H,23,26). The summed E-state index contributed by atoms with van der Waals surface area (Å²) in [4.78, 5) is 26.0. The molecule has 1 atom stereocenters. The second kappa shape index (κ2) is 6.98. The number of amides is 3. The van der Waals surface area contributed by atoms with Crippen molar-refractivity contribution < 1.29 is 23.1 Å². The van der Waals surface area contributed by atoms with Crippen molar-refractivity contribution in [3.05, 3.63) is 64.7 Å². The maximum absolute atomic E-state index is 14.2. The number of para-hydroxylation sites is 1. The molecule has 27 heavy (non-hydrogen) atoms. The predicted molar refractivity (Wildman–Crippen MR) is 95.4 cm³/mol. The van der Waals surface area contributed by atoms with Crippen LogP contribution in [0.1, 0.15) is 23.6 Å². The Morgan fingerprint density at radius 2 is 1.59 bits per heavy atom. The summed E-state index contributed by atoms with van der Waals surface area (Å²) in [6.07, 6.45) is 0. The molecule has 5 nitrogen and oxygen atoms in total. The van der Waals surface area contributed by atoms with Crippen molar-refractivity contribution in [1.29, 1.82) is 0 Å². The lowest BCUT2D eigenvalue weighted by Crippen LogP contribution is -2.43. The van der Waals surface area contributed by atoms with Crippen molar-refractivity contribution >= 4 is 11.9 Å². The van der Waals surface area contributed by atoms with Crippen LogP contribution in [0.4, 0.5) is 13.6 Å². The van der Waals surface area contributed by atoms with E-state index in [1.807, 2.05) is 32.0 Å². The van der Waals surface area contributed by atoms with Gasteiger partial charge in [0, 0.05) is 0 Å². The molecule has 1 unspecified atom stereocenters. The minimum Gasteiger partial charge on any atom is -0.491 e. The van der Waals surface area contributed by atoms with Gasteiger partial charge >= 0.3 is 6.03 Å². The van der Waals surface area contributed by atoms with Gasteiger partial charge in [-0.05, 0) is 44.0 Å². The fourth-order valence-electron chi connectivity index (χ4n) is 3.31. The van der Waals surface area contributed by atoms with E-state index in [4.69, 9.17) is 4.74 Å². The number of carbonyl (C=O) groups is 2. The third-order valence-electron chi connectivity index (χ3n) is 4.71. The molecule has 1 heterocycles. The number of hydrogen-bond acceptors (Lipinski definition) is 3. The van der Waals surface area contributed by atoms with Gasteiger partial charge in [-0.1, -0.05) is 24.3 Å². The van der Waals surface area contributed by atoms with Crippen LogP contribution in [-0.4, -0.2) is 30.0 Å². The van der Waals surface area contributed by atoms with Gasteiger partial charge in [-0.15, -0.1) is 0 Å². The number of hydrogen-bond donors (Lipinski definition) is 1. The SMILES string of the molecule is Cc1cccc(C)c1OCCN1C(=O)NC(C)(c2c(F)cccc2F)C1=O. The van der Waals surface area contributed by atoms with Gasteiger partial charge in [0.25, 0.3) is 5.91 Å². The zero-order valence-electron chi connectivity index (χ0n) is 15.3. The molecule has 0 bridgehead atoms. The van der Waals surface area contributed by atoms with E-state index in [1.165, 1.54) is 13.0 Å². The van der Waals surface area contributed by atoms with Crippen molar-refractivity contribution in [2.75, 3.05) is 13.2 Å². The van der Waals surface area contributed by atoms with Gasteiger partial charge in [-0.25, -0.2) is 13.6 Å². The molecular formula is C20H20F2N2O3. The maximum Gasteiger partial charge on any atom is 0.325 e. The normalized spacial score (nSPS) is 19.4. The topological polar surface area (TPSA) is 58.6 Å². The first kappa shape index (κ1) is 18.8. The lowest BCUT2D eigenvalue weighted by Gasteiger charge is -2.23. The van der Waals surface area contributed by atoms with E-state index in [0.29, 0.717) is 5.75 Å². The molecule has 0 aliphatic carbocycles. The molecule has 0 aromatic heterocycles. The highest BCUT2D eigenvalue weighted by atomic mass is 19.1. The molecule has 142 valence electrons. The summed E-state index contributed by atoms with van der Waals surface area (Å²) < 4.78 is 34.0. The molecule has 1 aliphatic rings. The van der Waals surface area contributed by atoms with E-state index in [2.05, 4.69) is 5.32 Å². The molecule has 1 aliphatic heterocycles. The second-order valence-corrected chi connectivity index (χ2v) is 6.68. The van der Waals surface area contributed by atoms with Crippen LogP contribution in [0.2, 0.25) is 0 Å². The van der Waals surface area contributed by atoms with Crippen LogP contribution in [0.25, 0.3) is 0 Å². The van der Waals surface area contributed by atoms with E-state index >= 15 is 0 Å². The summed E-state index contributed by atoms with van der Waals surface area (Å²) in [5, 5.41) is 2.40. The number of halogens is 2. The first-order chi connectivity index (χ1) is 12.8. The maximum atomic E-state index is 14.2. The molecule has 7 heteroatoms.